The minimum Gasteiger partial charge on any atom is -0.483 e. The van der Waals surface area contributed by atoms with E-state index in [2.05, 4.69) is 5.32 Å². The Kier molecular flexibility index (Phi) is 8.58. The molecule has 5 nitrogen and oxygen atoms in total. The van der Waals surface area contributed by atoms with Crippen LogP contribution in [0, 0.1) is 0 Å². The van der Waals surface area contributed by atoms with Crippen molar-refractivity contribution in [2.24, 2.45) is 0 Å². The highest BCUT2D eigenvalue weighted by atomic mass is 35.5. The van der Waals surface area contributed by atoms with Crippen LogP contribution in [0.1, 0.15) is 18.1 Å². The number of hydrogen-bond acceptors (Lipinski definition) is 3. The highest BCUT2D eigenvalue weighted by Gasteiger charge is 2.30. The van der Waals surface area contributed by atoms with E-state index in [-0.39, 0.29) is 25.0 Å². The molecule has 0 bridgehead atoms. The van der Waals surface area contributed by atoms with Crippen LogP contribution >= 0.6 is 11.6 Å². The first kappa shape index (κ1) is 25.3. The molecule has 0 fully saturated rings. The number of carbonyl (C=O) groups excluding carboxylic acids is 2. The van der Waals surface area contributed by atoms with E-state index in [0.29, 0.717) is 23.7 Å². The largest absolute Gasteiger partial charge is 0.483 e. The van der Waals surface area contributed by atoms with Gasteiger partial charge in [0.1, 0.15) is 11.8 Å². The second kappa shape index (κ2) is 12.2. The molecule has 0 aliphatic rings. The number of hydrogen-bond donors (Lipinski definition) is 1. The Morgan fingerprint density at radius 2 is 1.58 bits per heavy atom. The first-order valence-corrected chi connectivity index (χ1v) is 12.4. The molecule has 6 heteroatoms. The summed E-state index contributed by atoms with van der Waals surface area (Å²) in [6.07, 6.45) is 0.382. The van der Waals surface area contributed by atoms with Crippen molar-refractivity contribution in [1.29, 1.82) is 0 Å². The monoisotopic (exact) mass is 500 g/mol. The minimum absolute atomic E-state index is 0.195. The molecule has 0 spiro atoms. The number of fused-ring (bicyclic) bond motifs is 1. The van der Waals surface area contributed by atoms with Crippen LogP contribution in [0.4, 0.5) is 0 Å². The van der Waals surface area contributed by atoms with E-state index in [1.807, 2.05) is 97.9 Å². The molecule has 0 heterocycles. The third kappa shape index (κ3) is 6.43. The molecule has 4 aromatic rings. The lowest BCUT2D eigenvalue weighted by Crippen LogP contribution is -2.51. The summed E-state index contributed by atoms with van der Waals surface area (Å²) in [6.45, 7) is 2.37. The van der Waals surface area contributed by atoms with Crippen LogP contribution < -0.4 is 10.1 Å². The van der Waals surface area contributed by atoms with E-state index in [4.69, 9.17) is 16.3 Å². The third-order valence-corrected chi connectivity index (χ3v) is 6.20. The van der Waals surface area contributed by atoms with Gasteiger partial charge in [-0.3, -0.25) is 9.59 Å². The van der Waals surface area contributed by atoms with Gasteiger partial charge in [-0.1, -0.05) is 90.5 Å². The zero-order valence-electron chi connectivity index (χ0n) is 20.2. The van der Waals surface area contributed by atoms with Gasteiger partial charge >= 0.3 is 0 Å². The maximum absolute atomic E-state index is 13.7. The van der Waals surface area contributed by atoms with Gasteiger partial charge in [-0.25, -0.2) is 0 Å². The molecule has 0 saturated carbocycles. The number of amides is 2. The first-order chi connectivity index (χ1) is 17.5. The molecule has 1 atom stereocenters. The van der Waals surface area contributed by atoms with Gasteiger partial charge in [-0.05, 0) is 41.6 Å². The quantitative estimate of drug-likeness (QED) is 0.306. The SMILES string of the molecule is CCNC(=O)C(Cc1ccccc1)N(Cc1cccc(Cl)c1)C(=O)COc1cccc2ccccc12. The van der Waals surface area contributed by atoms with Gasteiger partial charge in [0.05, 0.1) is 0 Å². The minimum atomic E-state index is -0.713. The number of ether oxygens (including phenoxy) is 1. The Hall–Kier alpha value is -3.83. The van der Waals surface area contributed by atoms with E-state index in [9.17, 15) is 9.59 Å². The Balaban J connectivity index is 1.63. The van der Waals surface area contributed by atoms with E-state index < -0.39 is 6.04 Å². The van der Waals surface area contributed by atoms with E-state index in [1.54, 1.807) is 11.0 Å². The molecular weight excluding hydrogens is 472 g/mol. The van der Waals surface area contributed by atoms with Crippen molar-refractivity contribution in [2.45, 2.75) is 25.9 Å². The summed E-state index contributed by atoms with van der Waals surface area (Å²) in [7, 11) is 0. The predicted octanol–water partition coefficient (Wildman–Crippen LogP) is 5.65. The van der Waals surface area contributed by atoms with Gasteiger partial charge in [0.25, 0.3) is 5.91 Å². The summed E-state index contributed by atoms with van der Waals surface area (Å²) in [5.41, 5.74) is 1.80. The fraction of sp³-hybridized carbons (Fsp3) is 0.200. The lowest BCUT2D eigenvalue weighted by atomic mass is 10.0. The average Bonchev–Trinajstić information content (AvgIpc) is 2.90. The van der Waals surface area contributed by atoms with Crippen LogP contribution in [-0.4, -0.2) is 35.9 Å². The van der Waals surface area contributed by atoms with Crippen molar-refractivity contribution in [3.63, 3.8) is 0 Å². The van der Waals surface area contributed by atoms with Gasteiger partial charge < -0.3 is 15.0 Å². The number of rotatable bonds is 10. The Morgan fingerprint density at radius 1 is 0.889 bits per heavy atom. The van der Waals surface area contributed by atoms with Gasteiger partial charge in [-0.2, -0.15) is 0 Å². The number of nitrogens with one attached hydrogen (secondary N) is 1. The van der Waals surface area contributed by atoms with Crippen molar-refractivity contribution in [3.8, 4) is 5.75 Å². The molecule has 36 heavy (non-hydrogen) atoms. The molecular formula is C30H29ClN2O3. The van der Waals surface area contributed by atoms with Crippen LogP contribution in [0.5, 0.6) is 5.75 Å². The topological polar surface area (TPSA) is 58.6 Å². The van der Waals surface area contributed by atoms with E-state index in [0.717, 1.165) is 21.9 Å². The van der Waals surface area contributed by atoms with Crippen LogP contribution in [0.3, 0.4) is 0 Å². The second-order valence-corrected chi connectivity index (χ2v) is 8.95. The first-order valence-electron chi connectivity index (χ1n) is 12.0. The van der Waals surface area contributed by atoms with Crippen LogP contribution in [-0.2, 0) is 22.6 Å². The third-order valence-electron chi connectivity index (χ3n) is 5.96. The lowest BCUT2D eigenvalue weighted by Gasteiger charge is -2.31. The molecule has 0 saturated heterocycles. The highest BCUT2D eigenvalue weighted by Crippen LogP contribution is 2.25. The fourth-order valence-corrected chi connectivity index (χ4v) is 4.43. The van der Waals surface area contributed by atoms with Crippen molar-refractivity contribution >= 4 is 34.2 Å². The van der Waals surface area contributed by atoms with Gasteiger partial charge in [0.2, 0.25) is 5.91 Å². The summed E-state index contributed by atoms with van der Waals surface area (Å²) in [4.78, 5) is 28.5. The Morgan fingerprint density at radius 3 is 2.36 bits per heavy atom. The Labute approximate surface area is 216 Å². The zero-order chi connectivity index (χ0) is 25.3. The summed E-state index contributed by atoms with van der Waals surface area (Å²) < 4.78 is 6.01. The summed E-state index contributed by atoms with van der Waals surface area (Å²) >= 11 is 6.22. The molecule has 4 rings (SSSR count). The normalized spacial score (nSPS) is 11.6. The van der Waals surface area contributed by atoms with Crippen molar-refractivity contribution in [2.75, 3.05) is 13.2 Å². The number of carbonyl (C=O) groups is 2. The summed E-state index contributed by atoms with van der Waals surface area (Å²) in [6, 6.07) is 29.9. The number of nitrogens with zero attached hydrogens (tertiary/aromatic N) is 1. The number of benzene rings is 4. The van der Waals surface area contributed by atoms with Crippen LogP contribution in [0.15, 0.2) is 97.1 Å². The van der Waals surface area contributed by atoms with Gasteiger partial charge in [0, 0.05) is 29.9 Å². The fourth-order valence-electron chi connectivity index (χ4n) is 4.22. The maximum Gasteiger partial charge on any atom is 0.261 e. The lowest BCUT2D eigenvalue weighted by molar-refractivity contribution is -0.142. The van der Waals surface area contributed by atoms with Gasteiger partial charge in [0.15, 0.2) is 6.61 Å². The number of likely N-dealkylation sites (N-methyl/N-ethyl adjacent to an activating group) is 1. The van der Waals surface area contributed by atoms with Crippen molar-refractivity contribution in [1.82, 2.24) is 10.2 Å². The van der Waals surface area contributed by atoms with Gasteiger partial charge in [-0.15, -0.1) is 0 Å². The number of halogens is 1. The standard InChI is InChI=1S/C30H29ClN2O3/c1-2-32-30(35)27(19-22-10-4-3-5-11-22)33(20-23-12-8-15-25(31)18-23)29(34)21-36-28-17-9-14-24-13-6-7-16-26(24)28/h3-18,27H,2,19-21H2,1H3,(H,32,35). The Bertz CT molecular complexity index is 1320. The van der Waals surface area contributed by atoms with E-state index >= 15 is 0 Å². The average molecular weight is 501 g/mol. The van der Waals surface area contributed by atoms with Crippen molar-refractivity contribution < 1.29 is 14.3 Å². The molecule has 0 radical (unpaired) electrons. The molecule has 184 valence electrons. The van der Waals surface area contributed by atoms with Crippen LogP contribution in [0.2, 0.25) is 5.02 Å². The van der Waals surface area contributed by atoms with E-state index in [1.165, 1.54) is 0 Å². The molecule has 1 unspecified atom stereocenters. The summed E-state index contributed by atoms with van der Waals surface area (Å²) in [5, 5.41) is 5.43. The smallest absolute Gasteiger partial charge is 0.261 e. The molecule has 1 N–H and O–H groups in total. The van der Waals surface area contributed by atoms with Crippen LogP contribution in [0.25, 0.3) is 10.8 Å². The molecule has 2 amide bonds. The molecule has 4 aromatic carbocycles. The highest BCUT2D eigenvalue weighted by molar-refractivity contribution is 6.30. The molecule has 0 aliphatic heterocycles. The molecule has 0 aliphatic carbocycles. The second-order valence-electron chi connectivity index (χ2n) is 8.52. The molecule has 0 aromatic heterocycles. The zero-order valence-corrected chi connectivity index (χ0v) is 20.9. The maximum atomic E-state index is 13.7. The van der Waals surface area contributed by atoms with Crippen molar-refractivity contribution in [3.05, 3.63) is 113 Å². The predicted molar refractivity (Wildman–Crippen MR) is 144 cm³/mol. The summed E-state index contributed by atoms with van der Waals surface area (Å²) in [5.74, 6) is 0.138.